The number of hydrogen-bond acceptors (Lipinski definition) is 3. The first-order chi connectivity index (χ1) is 7.79. The van der Waals surface area contributed by atoms with Gasteiger partial charge >= 0.3 is 0 Å². The highest BCUT2D eigenvalue weighted by Crippen LogP contribution is 2.02. The highest BCUT2D eigenvalue weighted by molar-refractivity contribution is 5.01. The van der Waals surface area contributed by atoms with Crippen molar-refractivity contribution in [2.75, 3.05) is 7.05 Å². The zero-order valence-electron chi connectivity index (χ0n) is 9.72. The first-order valence-electron chi connectivity index (χ1n) is 5.41. The minimum atomic E-state index is 0.818. The first kappa shape index (κ1) is 10.9. The van der Waals surface area contributed by atoms with Crippen LogP contribution < -0.4 is 5.32 Å². The van der Waals surface area contributed by atoms with Crippen molar-refractivity contribution < 1.29 is 0 Å². The molecule has 2 aromatic heterocycles. The van der Waals surface area contributed by atoms with E-state index in [1.807, 2.05) is 37.4 Å². The second kappa shape index (κ2) is 4.94. The van der Waals surface area contributed by atoms with Crippen molar-refractivity contribution >= 4 is 0 Å². The fourth-order valence-corrected chi connectivity index (χ4v) is 1.69. The lowest BCUT2D eigenvalue weighted by Gasteiger charge is -2.02. The van der Waals surface area contributed by atoms with Gasteiger partial charge in [0.2, 0.25) is 0 Å². The Balaban J connectivity index is 1.92. The van der Waals surface area contributed by atoms with Gasteiger partial charge in [-0.25, -0.2) is 4.98 Å². The summed E-state index contributed by atoms with van der Waals surface area (Å²) in [7, 11) is 3.89. The molecule has 1 N–H and O–H groups in total. The Morgan fingerprint density at radius 3 is 3.00 bits per heavy atom. The minimum absolute atomic E-state index is 0.818. The van der Waals surface area contributed by atoms with Crippen LogP contribution >= 0.6 is 0 Å². The average Bonchev–Trinajstić information content (AvgIpc) is 2.86. The van der Waals surface area contributed by atoms with Crippen molar-refractivity contribution in [1.82, 2.24) is 24.6 Å². The Bertz CT molecular complexity index is 443. The molecule has 0 aliphatic carbocycles. The molecular weight excluding hydrogens is 202 g/mol. The van der Waals surface area contributed by atoms with Gasteiger partial charge in [0, 0.05) is 44.6 Å². The quantitative estimate of drug-likeness (QED) is 0.800. The molecule has 0 radical (unpaired) electrons. The number of aromatic nitrogens is 4. The molecule has 0 atom stereocenters. The van der Waals surface area contributed by atoms with Crippen LogP contribution in [0.2, 0.25) is 0 Å². The van der Waals surface area contributed by atoms with Gasteiger partial charge in [0.25, 0.3) is 0 Å². The zero-order valence-corrected chi connectivity index (χ0v) is 9.72. The average molecular weight is 219 g/mol. The van der Waals surface area contributed by atoms with Gasteiger partial charge in [0.05, 0.1) is 12.0 Å². The standard InChI is InChI=1S/C11H17N5/c1-12-7-10-8-16(9-13-10)6-4-11-3-5-14-15(11)2/h3,5,8-9,12H,4,6-7H2,1-2H3. The third-order valence-corrected chi connectivity index (χ3v) is 2.59. The summed E-state index contributed by atoms with van der Waals surface area (Å²) in [6.45, 7) is 1.76. The lowest BCUT2D eigenvalue weighted by atomic mass is 10.3. The molecule has 0 unspecified atom stereocenters. The van der Waals surface area contributed by atoms with E-state index in [1.54, 1.807) is 0 Å². The molecule has 0 aromatic carbocycles. The number of rotatable bonds is 5. The fraction of sp³-hybridized carbons (Fsp3) is 0.455. The van der Waals surface area contributed by atoms with Crippen LogP contribution in [0.15, 0.2) is 24.8 Å². The third-order valence-electron chi connectivity index (χ3n) is 2.59. The van der Waals surface area contributed by atoms with E-state index in [-0.39, 0.29) is 0 Å². The van der Waals surface area contributed by atoms with Crippen molar-refractivity contribution in [3.63, 3.8) is 0 Å². The van der Waals surface area contributed by atoms with Crippen molar-refractivity contribution in [2.24, 2.45) is 7.05 Å². The van der Waals surface area contributed by atoms with Crippen molar-refractivity contribution in [3.05, 3.63) is 36.2 Å². The molecule has 0 spiro atoms. The SMILES string of the molecule is CNCc1cn(CCc2ccnn2C)cn1. The molecule has 0 aliphatic rings. The number of hydrogen-bond donors (Lipinski definition) is 1. The van der Waals surface area contributed by atoms with Gasteiger partial charge < -0.3 is 9.88 Å². The molecule has 0 bridgehead atoms. The first-order valence-corrected chi connectivity index (χ1v) is 5.41. The number of nitrogens with one attached hydrogen (secondary N) is 1. The maximum absolute atomic E-state index is 4.31. The van der Waals surface area contributed by atoms with E-state index >= 15 is 0 Å². The third kappa shape index (κ3) is 2.49. The Morgan fingerprint density at radius 1 is 1.44 bits per heavy atom. The molecule has 2 aromatic rings. The second-order valence-corrected chi connectivity index (χ2v) is 3.83. The van der Waals surface area contributed by atoms with E-state index in [9.17, 15) is 0 Å². The van der Waals surface area contributed by atoms with Gasteiger partial charge in [-0.2, -0.15) is 5.10 Å². The van der Waals surface area contributed by atoms with Gasteiger partial charge in [-0.1, -0.05) is 0 Å². The number of aryl methyl sites for hydroxylation is 3. The predicted octanol–water partition coefficient (Wildman–Crippen LogP) is 0.579. The number of imidazole rings is 1. The summed E-state index contributed by atoms with van der Waals surface area (Å²) in [6, 6.07) is 2.05. The summed E-state index contributed by atoms with van der Waals surface area (Å²) in [5.41, 5.74) is 2.32. The molecule has 5 nitrogen and oxygen atoms in total. The lowest BCUT2D eigenvalue weighted by molar-refractivity contribution is 0.636. The van der Waals surface area contributed by atoms with Crippen LogP contribution in [0.25, 0.3) is 0 Å². The molecule has 16 heavy (non-hydrogen) atoms. The fourth-order valence-electron chi connectivity index (χ4n) is 1.69. The second-order valence-electron chi connectivity index (χ2n) is 3.83. The highest BCUT2D eigenvalue weighted by atomic mass is 15.3. The number of nitrogens with zero attached hydrogens (tertiary/aromatic N) is 4. The minimum Gasteiger partial charge on any atom is -0.337 e. The summed E-state index contributed by atoms with van der Waals surface area (Å²) >= 11 is 0. The lowest BCUT2D eigenvalue weighted by Crippen LogP contribution is -2.06. The highest BCUT2D eigenvalue weighted by Gasteiger charge is 2.00. The maximum Gasteiger partial charge on any atom is 0.0950 e. The van der Waals surface area contributed by atoms with Gasteiger partial charge in [-0.05, 0) is 13.1 Å². The maximum atomic E-state index is 4.31. The van der Waals surface area contributed by atoms with Gasteiger partial charge in [0.1, 0.15) is 0 Å². The molecule has 0 saturated heterocycles. The van der Waals surface area contributed by atoms with Crippen LogP contribution in [0, 0.1) is 0 Å². The van der Waals surface area contributed by atoms with E-state index in [0.29, 0.717) is 0 Å². The summed E-state index contributed by atoms with van der Waals surface area (Å²) in [6.07, 6.45) is 6.76. The van der Waals surface area contributed by atoms with Crippen LogP contribution in [0.5, 0.6) is 0 Å². The van der Waals surface area contributed by atoms with Crippen molar-refractivity contribution in [1.29, 1.82) is 0 Å². The molecular formula is C11H17N5. The molecule has 86 valence electrons. The van der Waals surface area contributed by atoms with E-state index in [1.165, 1.54) is 5.69 Å². The summed E-state index contributed by atoms with van der Waals surface area (Å²) < 4.78 is 4.02. The summed E-state index contributed by atoms with van der Waals surface area (Å²) in [4.78, 5) is 4.31. The van der Waals surface area contributed by atoms with Gasteiger partial charge in [-0.15, -0.1) is 0 Å². The van der Waals surface area contributed by atoms with Gasteiger partial charge in [0.15, 0.2) is 0 Å². The molecule has 0 fully saturated rings. The van der Waals surface area contributed by atoms with Crippen LogP contribution in [0.1, 0.15) is 11.4 Å². The largest absolute Gasteiger partial charge is 0.337 e. The molecule has 5 heteroatoms. The van der Waals surface area contributed by atoms with Gasteiger partial charge in [-0.3, -0.25) is 4.68 Å². The van der Waals surface area contributed by atoms with E-state index < -0.39 is 0 Å². The smallest absolute Gasteiger partial charge is 0.0950 e. The molecule has 2 heterocycles. The zero-order chi connectivity index (χ0) is 11.4. The molecule has 0 amide bonds. The van der Waals surface area contributed by atoms with Crippen molar-refractivity contribution in [3.8, 4) is 0 Å². The molecule has 0 aliphatic heterocycles. The topological polar surface area (TPSA) is 47.7 Å². The van der Waals surface area contributed by atoms with Crippen LogP contribution in [-0.4, -0.2) is 26.4 Å². The van der Waals surface area contributed by atoms with Crippen molar-refractivity contribution in [2.45, 2.75) is 19.5 Å². The monoisotopic (exact) mass is 219 g/mol. The van der Waals surface area contributed by atoms with Crippen LogP contribution in [0.4, 0.5) is 0 Å². The van der Waals surface area contributed by atoms with E-state index in [4.69, 9.17) is 0 Å². The van der Waals surface area contributed by atoms with E-state index in [2.05, 4.69) is 26.2 Å². The Kier molecular flexibility index (Phi) is 3.36. The molecule has 2 rings (SSSR count). The summed E-state index contributed by atoms with van der Waals surface area (Å²) in [5, 5.41) is 7.23. The Hall–Kier alpha value is -1.62. The molecule has 0 saturated carbocycles. The van der Waals surface area contributed by atoms with Crippen LogP contribution in [-0.2, 0) is 26.6 Å². The van der Waals surface area contributed by atoms with E-state index in [0.717, 1.165) is 25.2 Å². The predicted molar refractivity (Wildman–Crippen MR) is 61.9 cm³/mol. The Labute approximate surface area is 95.1 Å². The van der Waals surface area contributed by atoms with Crippen LogP contribution in [0.3, 0.4) is 0 Å². The summed E-state index contributed by atoms with van der Waals surface area (Å²) in [5.74, 6) is 0. The normalized spacial score (nSPS) is 10.9. The Morgan fingerprint density at radius 2 is 2.31 bits per heavy atom.